The van der Waals surface area contributed by atoms with Gasteiger partial charge < -0.3 is 29.0 Å². The quantitative estimate of drug-likeness (QED) is 0.0907. The minimum absolute atomic E-state index is 0.0198. The molecule has 0 aliphatic carbocycles. The van der Waals surface area contributed by atoms with E-state index < -0.39 is 32.5 Å². The van der Waals surface area contributed by atoms with Crippen molar-refractivity contribution in [2.24, 2.45) is 0 Å². The van der Waals surface area contributed by atoms with Crippen molar-refractivity contribution in [3.8, 4) is 5.75 Å². The number of aromatic nitrogens is 4. The first-order valence-electron chi connectivity index (χ1n) is 11.0. The lowest BCUT2D eigenvalue weighted by Crippen LogP contribution is -2.15. The number of anilines is 1. The number of fused-ring (bicyclic) bond motifs is 1. The summed E-state index contributed by atoms with van der Waals surface area (Å²) in [5.41, 5.74) is 6.32. The van der Waals surface area contributed by atoms with Gasteiger partial charge in [-0.2, -0.15) is 4.98 Å². The lowest BCUT2D eigenvalue weighted by Gasteiger charge is -2.18. The van der Waals surface area contributed by atoms with E-state index in [1.807, 2.05) is 18.2 Å². The molecule has 194 valence electrons. The lowest BCUT2D eigenvalue weighted by atomic mass is 10.2. The predicted octanol–water partition coefficient (Wildman–Crippen LogP) is 3.28. The van der Waals surface area contributed by atoms with E-state index >= 15 is 0 Å². The Balaban J connectivity index is 1.32. The Hall–Kier alpha value is -4.03. The summed E-state index contributed by atoms with van der Waals surface area (Å²) in [6.07, 6.45) is -0.0423. The number of benzene rings is 2. The van der Waals surface area contributed by atoms with Gasteiger partial charge in [0.15, 0.2) is 11.2 Å². The summed E-state index contributed by atoms with van der Waals surface area (Å²) in [7, 11) is -3.86. The summed E-state index contributed by atoms with van der Waals surface area (Å²) in [6.45, 7) is -0.420. The molecule has 2 aromatic carbocycles. The van der Waals surface area contributed by atoms with Gasteiger partial charge >= 0.3 is 13.8 Å². The molecule has 13 nitrogen and oxygen atoms in total. The molecular weight excluding hydrogens is 505 g/mol. The summed E-state index contributed by atoms with van der Waals surface area (Å²) in [4.78, 5) is 34.3. The molecule has 14 heteroatoms. The van der Waals surface area contributed by atoms with Crippen molar-refractivity contribution < 1.29 is 32.6 Å². The summed E-state index contributed by atoms with van der Waals surface area (Å²) in [5.74, 6) is 0.239. The number of imidazole rings is 1. The van der Waals surface area contributed by atoms with Crippen LogP contribution >= 0.6 is 7.60 Å². The molecular formula is C23H24N5O8P. The first-order valence-corrected chi connectivity index (χ1v) is 12.7. The lowest BCUT2D eigenvalue weighted by molar-refractivity contribution is 0.0154. The second kappa shape index (κ2) is 12.3. The van der Waals surface area contributed by atoms with E-state index in [2.05, 4.69) is 15.0 Å². The van der Waals surface area contributed by atoms with Crippen LogP contribution in [0.25, 0.3) is 11.2 Å². The standard InChI is InChI=1S/C23H24N5O8P/c24-22-26-20-19(21(29)27-22)25-14-28(20)11-12-32-16-37(31,34-13-17-7-3-1-4-8-17)35-15-33-23(30)36-18-9-5-2-6-10-18/h1-10,14H,11-13,15-16H2,(H3,24,26,27,29). The van der Waals surface area contributed by atoms with E-state index in [1.165, 1.54) is 6.33 Å². The Kier molecular flexibility index (Phi) is 8.64. The highest BCUT2D eigenvalue weighted by Crippen LogP contribution is 2.49. The van der Waals surface area contributed by atoms with Crippen LogP contribution in [0.3, 0.4) is 0 Å². The molecule has 4 aromatic rings. The van der Waals surface area contributed by atoms with Crippen molar-refractivity contribution in [2.45, 2.75) is 13.2 Å². The highest BCUT2D eigenvalue weighted by molar-refractivity contribution is 7.53. The predicted molar refractivity (Wildman–Crippen MR) is 132 cm³/mol. The van der Waals surface area contributed by atoms with E-state index in [-0.39, 0.29) is 42.6 Å². The number of carbonyl (C=O) groups is 1. The second-order valence-corrected chi connectivity index (χ2v) is 9.52. The van der Waals surface area contributed by atoms with Gasteiger partial charge in [0, 0.05) is 6.54 Å². The molecule has 0 aliphatic heterocycles. The maximum Gasteiger partial charge on any atom is 0.515 e. The Bertz CT molecular complexity index is 1430. The van der Waals surface area contributed by atoms with Crippen molar-refractivity contribution >= 4 is 30.9 Å². The van der Waals surface area contributed by atoms with Gasteiger partial charge in [-0.05, 0) is 17.7 Å². The maximum absolute atomic E-state index is 13.3. The Morgan fingerprint density at radius 2 is 1.78 bits per heavy atom. The zero-order valence-electron chi connectivity index (χ0n) is 19.5. The molecule has 2 aromatic heterocycles. The van der Waals surface area contributed by atoms with Crippen molar-refractivity contribution in [2.75, 3.05) is 25.5 Å². The van der Waals surface area contributed by atoms with E-state index in [9.17, 15) is 14.2 Å². The van der Waals surface area contributed by atoms with Crippen LogP contribution in [0.4, 0.5) is 10.7 Å². The van der Waals surface area contributed by atoms with Crippen LogP contribution in [-0.2, 0) is 36.2 Å². The third-order valence-corrected chi connectivity index (χ3v) is 6.38. The second-order valence-electron chi connectivity index (χ2n) is 7.53. The summed E-state index contributed by atoms with van der Waals surface area (Å²) in [5, 5.41) is 0. The zero-order chi connectivity index (χ0) is 26.1. The normalized spacial score (nSPS) is 12.8. The molecule has 0 saturated heterocycles. The van der Waals surface area contributed by atoms with Crippen molar-refractivity contribution in [3.63, 3.8) is 0 Å². The van der Waals surface area contributed by atoms with Crippen molar-refractivity contribution in [1.29, 1.82) is 0 Å². The number of para-hydroxylation sites is 1. The minimum atomic E-state index is -3.86. The summed E-state index contributed by atoms with van der Waals surface area (Å²) < 4.78 is 41.1. The zero-order valence-corrected chi connectivity index (χ0v) is 20.4. The minimum Gasteiger partial charge on any atom is -0.406 e. The van der Waals surface area contributed by atoms with E-state index in [1.54, 1.807) is 47.0 Å². The van der Waals surface area contributed by atoms with Gasteiger partial charge in [-0.15, -0.1) is 0 Å². The molecule has 0 radical (unpaired) electrons. The third-order valence-electron chi connectivity index (χ3n) is 4.86. The van der Waals surface area contributed by atoms with Crippen LogP contribution < -0.4 is 16.0 Å². The van der Waals surface area contributed by atoms with E-state index in [4.69, 9.17) is 29.0 Å². The molecule has 2 heterocycles. The van der Waals surface area contributed by atoms with Gasteiger partial charge in [0.2, 0.25) is 12.7 Å². The highest BCUT2D eigenvalue weighted by Gasteiger charge is 2.27. The molecule has 0 amide bonds. The molecule has 0 bridgehead atoms. The van der Waals surface area contributed by atoms with Crippen LogP contribution in [0.5, 0.6) is 5.75 Å². The van der Waals surface area contributed by atoms with E-state index in [0.717, 1.165) is 5.56 Å². The number of hydrogen-bond acceptors (Lipinski definition) is 11. The number of hydrogen-bond donors (Lipinski definition) is 2. The molecule has 4 rings (SSSR count). The largest absolute Gasteiger partial charge is 0.515 e. The molecule has 0 fully saturated rings. The van der Waals surface area contributed by atoms with Gasteiger partial charge in [0.25, 0.3) is 5.56 Å². The molecule has 37 heavy (non-hydrogen) atoms. The number of nitrogens with one attached hydrogen (secondary N) is 1. The van der Waals surface area contributed by atoms with Crippen LogP contribution in [0.15, 0.2) is 71.8 Å². The van der Waals surface area contributed by atoms with Gasteiger partial charge in [0.1, 0.15) is 12.1 Å². The number of nitrogens with two attached hydrogens (primary N) is 1. The van der Waals surface area contributed by atoms with Crippen LogP contribution in [0.2, 0.25) is 0 Å². The van der Waals surface area contributed by atoms with Crippen molar-refractivity contribution in [1.82, 2.24) is 19.5 Å². The molecule has 1 atom stereocenters. The van der Waals surface area contributed by atoms with Gasteiger partial charge in [-0.1, -0.05) is 48.5 Å². The number of rotatable bonds is 12. The molecule has 0 aliphatic rings. The monoisotopic (exact) mass is 529 g/mol. The van der Waals surface area contributed by atoms with Crippen LogP contribution in [0, 0.1) is 0 Å². The van der Waals surface area contributed by atoms with Gasteiger partial charge in [-0.3, -0.25) is 18.9 Å². The molecule has 1 unspecified atom stereocenters. The molecule has 0 spiro atoms. The molecule has 3 N–H and O–H groups in total. The summed E-state index contributed by atoms with van der Waals surface area (Å²) in [6, 6.07) is 17.4. The average molecular weight is 529 g/mol. The smallest absolute Gasteiger partial charge is 0.406 e. The molecule has 0 saturated carbocycles. The number of aromatic amines is 1. The summed E-state index contributed by atoms with van der Waals surface area (Å²) >= 11 is 0. The fourth-order valence-electron chi connectivity index (χ4n) is 3.10. The topological polar surface area (TPSA) is 170 Å². The third kappa shape index (κ3) is 7.48. The fraction of sp³-hybridized carbons (Fsp3) is 0.217. The number of nitrogens with zero attached hydrogens (tertiary/aromatic N) is 3. The van der Waals surface area contributed by atoms with Crippen LogP contribution in [0.1, 0.15) is 5.56 Å². The van der Waals surface area contributed by atoms with Crippen LogP contribution in [-0.4, -0.2) is 45.4 Å². The Morgan fingerprint density at radius 3 is 2.54 bits per heavy atom. The number of H-pyrrole nitrogens is 1. The first kappa shape index (κ1) is 26.0. The fourth-order valence-corrected chi connectivity index (χ4v) is 4.24. The Labute approximate surface area is 210 Å². The maximum atomic E-state index is 13.3. The number of ether oxygens (including phenoxy) is 3. The highest BCUT2D eigenvalue weighted by atomic mass is 31.2. The SMILES string of the molecule is Nc1nc2c(ncn2CCOCP(=O)(OCOC(=O)Oc2ccccc2)OCc2ccccc2)c(=O)[nH]1. The van der Waals surface area contributed by atoms with Gasteiger partial charge in [-0.25, -0.2) is 9.78 Å². The van der Waals surface area contributed by atoms with Gasteiger partial charge in [0.05, 0.1) is 19.5 Å². The number of carbonyl (C=O) groups excluding carboxylic acids is 1. The number of nitrogen functional groups attached to an aromatic ring is 1. The van der Waals surface area contributed by atoms with E-state index in [0.29, 0.717) is 0 Å². The van der Waals surface area contributed by atoms with Crippen molar-refractivity contribution in [3.05, 3.63) is 82.9 Å². The Morgan fingerprint density at radius 1 is 1.05 bits per heavy atom. The first-order chi connectivity index (χ1) is 17.9. The average Bonchev–Trinajstić information content (AvgIpc) is 3.30.